The van der Waals surface area contributed by atoms with E-state index in [1.165, 1.54) is 16.7 Å². The molecule has 0 saturated carbocycles. The van der Waals surface area contributed by atoms with Gasteiger partial charge in [-0.1, -0.05) is 6.07 Å². The van der Waals surface area contributed by atoms with E-state index in [2.05, 4.69) is 60.5 Å². The first-order valence-electron chi connectivity index (χ1n) is 9.78. The zero-order valence-corrected chi connectivity index (χ0v) is 19.6. The van der Waals surface area contributed by atoms with Crippen LogP contribution in [0.3, 0.4) is 0 Å². The van der Waals surface area contributed by atoms with Gasteiger partial charge in [0.05, 0.1) is 12.7 Å². The number of hydrogen-bond acceptors (Lipinski definition) is 3. The van der Waals surface area contributed by atoms with Crippen LogP contribution in [0.4, 0.5) is 0 Å². The molecule has 2 heterocycles. The van der Waals surface area contributed by atoms with Crippen LogP contribution in [0.2, 0.25) is 0 Å². The largest absolute Gasteiger partial charge is 0.492 e. The van der Waals surface area contributed by atoms with Crippen molar-refractivity contribution >= 4 is 29.9 Å². The van der Waals surface area contributed by atoms with Gasteiger partial charge in [0, 0.05) is 38.8 Å². The molecule has 0 aliphatic carbocycles. The highest BCUT2D eigenvalue weighted by Crippen LogP contribution is 2.26. The molecule has 0 amide bonds. The number of hydrogen-bond donors (Lipinski definition) is 1. The molecule has 1 atom stereocenters. The van der Waals surface area contributed by atoms with Crippen molar-refractivity contribution in [1.29, 1.82) is 0 Å². The molecule has 1 unspecified atom stereocenters. The first kappa shape index (κ1) is 22.5. The summed E-state index contributed by atoms with van der Waals surface area (Å²) in [7, 11) is 1.97. The van der Waals surface area contributed by atoms with Crippen molar-refractivity contribution in [3.05, 3.63) is 47.3 Å². The number of benzene rings is 1. The van der Waals surface area contributed by atoms with Crippen molar-refractivity contribution in [2.45, 2.75) is 33.1 Å². The molecule has 2 aromatic rings. The highest BCUT2D eigenvalue weighted by Gasteiger charge is 2.26. The van der Waals surface area contributed by atoms with Crippen molar-refractivity contribution in [2.75, 3.05) is 32.8 Å². The summed E-state index contributed by atoms with van der Waals surface area (Å²) in [5.41, 5.74) is 3.76. The number of aryl methyl sites for hydroxylation is 3. The minimum atomic E-state index is 0. The average molecular weight is 497 g/mol. The van der Waals surface area contributed by atoms with Gasteiger partial charge >= 0.3 is 0 Å². The number of ether oxygens (including phenoxy) is 1. The summed E-state index contributed by atoms with van der Waals surface area (Å²) in [4.78, 5) is 7.12. The van der Waals surface area contributed by atoms with Gasteiger partial charge in [0.15, 0.2) is 5.96 Å². The van der Waals surface area contributed by atoms with Crippen LogP contribution in [0.5, 0.6) is 5.75 Å². The summed E-state index contributed by atoms with van der Waals surface area (Å²) in [6.45, 7) is 10.4. The van der Waals surface area contributed by atoms with E-state index >= 15 is 0 Å². The Morgan fingerprint density at radius 3 is 2.68 bits per heavy atom. The summed E-state index contributed by atoms with van der Waals surface area (Å²) in [5.74, 6) is 2.42. The second kappa shape index (κ2) is 10.7. The molecule has 1 saturated heterocycles. The summed E-state index contributed by atoms with van der Waals surface area (Å²) >= 11 is 0. The first-order valence-corrected chi connectivity index (χ1v) is 9.78. The van der Waals surface area contributed by atoms with Crippen LogP contribution in [-0.4, -0.2) is 53.4 Å². The second-order valence-corrected chi connectivity index (χ2v) is 7.29. The fourth-order valence-corrected chi connectivity index (χ4v) is 3.63. The van der Waals surface area contributed by atoms with Gasteiger partial charge < -0.3 is 15.0 Å². The minimum absolute atomic E-state index is 0. The second-order valence-electron chi connectivity index (χ2n) is 7.29. The van der Waals surface area contributed by atoms with E-state index in [4.69, 9.17) is 9.73 Å². The molecule has 0 bridgehead atoms. The molecular formula is C21H32IN5O. The summed E-state index contributed by atoms with van der Waals surface area (Å²) in [5, 5.41) is 7.72. The number of likely N-dealkylation sites (tertiary alicyclic amines) is 1. The van der Waals surface area contributed by atoms with E-state index in [1.54, 1.807) is 0 Å². The maximum absolute atomic E-state index is 5.89. The molecule has 0 radical (unpaired) electrons. The molecule has 1 fully saturated rings. The Morgan fingerprint density at radius 1 is 1.29 bits per heavy atom. The molecule has 6 nitrogen and oxygen atoms in total. The number of guanidine groups is 1. The van der Waals surface area contributed by atoms with Gasteiger partial charge in [-0.3, -0.25) is 4.68 Å². The SMILES string of the molecule is CCNC(=NCCOc1cc(C)cc(C)c1)N1CCC(c2cnn(C)c2)C1.I. The van der Waals surface area contributed by atoms with E-state index < -0.39 is 0 Å². The summed E-state index contributed by atoms with van der Waals surface area (Å²) < 4.78 is 7.76. The zero-order valence-electron chi connectivity index (χ0n) is 17.3. The van der Waals surface area contributed by atoms with Crippen molar-refractivity contribution in [3.8, 4) is 5.75 Å². The molecule has 154 valence electrons. The Labute approximate surface area is 185 Å². The molecule has 1 N–H and O–H groups in total. The van der Waals surface area contributed by atoms with Crippen molar-refractivity contribution in [1.82, 2.24) is 20.0 Å². The third-order valence-electron chi connectivity index (χ3n) is 4.84. The fourth-order valence-electron chi connectivity index (χ4n) is 3.63. The molecule has 1 aromatic heterocycles. The van der Waals surface area contributed by atoms with E-state index in [1.807, 2.05) is 17.9 Å². The van der Waals surface area contributed by atoms with Crippen LogP contribution in [0.15, 0.2) is 35.6 Å². The van der Waals surface area contributed by atoms with E-state index in [9.17, 15) is 0 Å². The van der Waals surface area contributed by atoms with Crippen LogP contribution in [0, 0.1) is 13.8 Å². The molecular weight excluding hydrogens is 465 g/mol. The summed E-state index contributed by atoms with van der Waals surface area (Å²) in [6.07, 6.45) is 5.24. The smallest absolute Gasteiger partial charge is 0.194 e. The Hall–Kier alpha value is -1.77. The van der Waals surface area contributed by atoms with E-state index in [-0.39, 0.29) is 24.0 Å². The van der Waals surface area contributed by atoms with Crippen LogP contribution in [-0.2, 0) is 7.05 Å². The quantitative estimate of drug-likeness (QED) is 0.288. The van der Waals surface area contributed by atoms with Gasteiger partial charge in [-0.25, -0.2) is 4.99 Å². The van der Waals surface area contributed by atoms with Crippen molar-refractivity contribution in [2.24, 2.45) is 12.0 Å². The number of nitrogens with one attached hydrogen (secondary N) is 1. The number of rotatable bonds is 6. The van der Waals surface area contributed by atoms with Crippen LogP contribution in [0.1, 0.15) is 36.0 Å². The minimum Gasteiger partial charge on any atom is -0.492 e. The van der Waals surface area contributed by atoms with E-state index in [0.717, 1.165) is 37.8 Å². The predicted molar refractivity (Wildman–Crippen MR) is 125 cm³/mol. The highest BCUT2D eigenvalue weighted by molar-refractivity contribution is 14.0. The number of nitrogens with zero attached hydrogens (tertiary/aromatic N) is 4. The normalized spacial score (nSPS) is 16.8. The lowest BCUT2D eigenvalue weighted by Gasteiger charge is -2.21. The van der Waals surface area contributed by atoms with Crippen LogP contribution >= 0.6 is 24.0 Å². The molecule has 3 rings (SSSR count). The van der Waals surface area contributed by atoms with Gasteiger partial charge in [-0.15, -0.1) is 24.0 Å². The maximum atomic E-state index is 5.89. The average Bonchev–Trinajstić information content (AvgIpc) is 3.26. The summed E-state index contributed by atoms with van der Waals surface area (Å²) in [6, 6.07) is 6.29. The number of aliphatic imine (C=N–C) groups is 1. The predicted octanol–water partition coefficient (Wildman–Crippen LogP) is 3.49. The lowest BCUT2D eigenvalue weighted by atomic mass is 10.0. The first-order chi connectivity index (χ1) is 13.0. The molecule has 0 spiro atoms. The zero-order chi connectivity index (χ0) is 19.2. The fraction of sp³-hybridized carbons (Fsp3) is 0.524. The number of aromatic nitrogens is 2. The van der Waals surface area contributed by atoms with Gasteiger partial charge in [0.2, 0.25) is 0 Å². The molecule has 1 aliphatic rings. The molecule has 7 heteroatoms. The Morgan fingerprint density at radius 2 is 2.04 bits per heavy atom. The Balaban J connectivity index is 0.00000280. The van der Waals surface area contributed by atoms with Crippen molar-refractivity contribution in [3.63, 3.8) is 0 Å². The Bertz CT molecular complexity index is 769. The van der Waals surface area contributed by atoms with Gasteiger partial charge in [0.25, 0.3) is 0 Å². The van der Waals surface area contributed by atoms with Crippen molar-refractivity contribution < 1.29 is 4.74 Å². The third kappa shape index (κ3) is 6.12. The van der Waals surface area contributed by atoms with E-state index in [0.29, 0.717) is 19.1 Å². The monoisotopic (exact) mass is 497 g/mol. The lowest BCUT2D eigenvalue weighted by molar-refractivity contribution is 0.327. The molecule has 28 heavy (non-hydrogen) atoms. The topological polar surface area (TPSA) is 54.7 Å². The highest BCUT2D eigenvalue weighted by atomic mass is 127. The van der Waals surface area contributed by atoms with Gasteiger partial charge in [-0.2, -0.15) is 5.10 Å². The van der Waals surface area contributed by atoms with Gasteiger partial charge in [0.1, 0.15) is 12.4 Å². The Kier molecular flexibility index (Phi) is 8.59. The van der Waals surface area contributed by atoms with Crippen LogP contribution in [0.25, 0.3) is 0 Å². The standard InChI is InChI=1S/C21H31N5O.HI/c1-5-22-21(23-7-9-27-20-11-16(2)10-17(3)12-20)26-8-6-18(15-26)19-13-24-25(4)14-19;/h10-14,18H,5-9,15H2,1-4H3,(H,22,23);1H. The van der Waals surface area contributed by atoms with Crippen LogP contribution < -0.4 is 10.1 Å². The third-order valence-corrected chi connectivity index (χ3v) is 4.84. The maximum Gasteiger partial charge on any atom is 0.194 e. The molecule has 1 aliphatic heterocycles. The molecule has 1 aromatic carbocycles. The van der Waals surface area contributed by atoms with Gasteiger partial charge in [-0.05, 0) is 56.0 Å². The number of halogens is 1. The lowest BCUT2D eigenvalue weighted by Crippen LogP contribution is -2.40.